The van der Waals surface area contributed by atoms with Crippen molar-refractivity contribution >= 4 is 5.97 Å². The van der Waals surface area contributed by atoms with E-state index in [1.165, 1.54) is 26.4 Å². The fourth-order valence-electron chi connectivity index (χ4n) is 2.08. The van der Waals surface area contributed by atoms with E-state index in [1.807, 2.05) is 0 Å². The summed E-state index contributed by atoms with van der Waals surface area (Å²) in [7, 11) is 1.50. The average molecular weight is 228 g/mol. The van der Waals surface area contributed by atoms with E-state index in [0.29, 0.717) is 0 Å². The molecule has 0 rings (SSSR count). The van der Waals surface area contributed by atoms with E-state index in [4.69, 9.17) is 4.74 Å². The zero-order valence-corrected chi connectivity index (χ0v) is 11.5. The number of hydrogen-bond acceptors (Lipinski definition) is 2. The minimum absolute atomic E-state index is 0.0301. The normalized spacial score (nSPS) is 14.5. The third-order valence-electron chi connectivity index (χ3n) is 3.34. The monoisotopic (exact) mass is 228 g/mol. The number of carbonyl (C=O) groups excluding carboxylic acids is 1. The van der Waals surface area contributed by atoms with Crippen LogP contribution >= 0.6 is 0 Å². The lowest BCUT2D eigenvalue weighted by Crippen LogP contribution is -2.29. The topological polar surface area (TPSA) is 26.3 Å². The Labute approximate surface area is 101 Å². The summed E-state index contributed by atoms with van der Waals surface area (Å²) in [6.07, 6.45) is 9.07. The quantitative estimate of drug-likeness (QED) is 0.434. The molecule has 0 aromatic carbocycles. The van der Waals surface area contributed by atoms with Crippen LogP contribution in [0.1, 0.15) is 72.1 Å². The lowest BCUT2D eigenvalue weighted by molar-refractivity contribution is -0.152. The van der Waals surface area contributed by atoms with Crippen LogP contribution in [-0.4, -0.2) is 13.1 Å². The van der Waals surface area contributed by atoms with Crippen LogP contribution in [0.25, 0.3) is 0 Å². The van der Waals surface area contributed by atoms with E-state index in [1.54, 1.807) is 0 Å². The standard InChI is InChI=1S/C14H28O2/c1-5-7-9-10-12-14(3,11-8-6-2)13(15)16-4/h5-12H2,1-4H3. The predicted octanol–water partition coefficient (Wildman–Crippen LogP) is 4.33. The summed E-state index contributed by atoms with van der Waals surface area (Å²) < 4.78 is 4.93. The van der Waals surface area contributed by atoms with Crippen molar-refractivity contribution in [2.75, 3.05) is 7.11 Å². The summed E-state index contributed by atoms with van der Waals surface area (Å²) in [5, 5.41) is 0. The van der Waals surface area contributed by atoms with Gasteiger partial charge >= 0.3 is 5.97 Å². The maximum absolute atomic E-state index is 11.8. The second-order valence-corrected chi connectivity index (χ2v) is 4.97. The van der Waals surface area contributed by atoms with Gasteiger partial charge in [0.2, 0.25) is 0 Å². The van der Waals surface area contributed by atoms with Crippen molar-refractivity contribution < 1.29 is 9.53 Å². The van der Waals surface area contributed by atoms with E-state index in [2.05, 4.69) is 20.8 Å². The van der Waals surface area contributed by atoms with E-state index < -0.39 is 0 Å². The van der Waals surface area contributed by atoms with Crippen LogP contribution in [0.3, 0.4) is 0 Å². The fraction of sp³-hybridized carbons (Fsp3) is 0.929. The highest BCUT2D eigenvalue weighted by Gasteiger charge is 2.32. The highest BCUT2D eigenvalue weighted by atomic mass is 16.5. The molecule has 2 heteroatoms. The number of esters is 1. The Balaban J connectivity index is 4.13. The molecule has 1 unspecified atom stereocenters. The largest absolute Gasteiger partial charge is 0.469 e. The molecule has 0 spiro atoms. The molecule has 0 aromatic heterocycles. The van der Waals surface area contributed by atoms with Crippen LogP contribution in [-0.2, 0) is 9.53 Å². The van der Waals surface area contributed by atoms with Gasteiger partial charge in [-0.1, -0.05) is 52.4 Å². The molecule has 0 aliphatic heterocycles. The van der Waals surface area contributed by atoms with Crippen LogP contribution in [0.2, 0.25) is 0 Å². The molecule has 0 saturated heterocycles. The molecule has 16 heavy (non-hydrogen) atoms. The van der Waals surface area contributed by atoms with Crippen LogP contribution < -0.4 is 0 Å². The summed E-state index contributed by atoms with van der Waals surface area (Å²) in [6.45, 7) is 6.42. The lowest BCUT2D eigenvalue weighted by atomic mass is 9.80. The van der Waals surface area contributed by atoms with Gasteiger partial charge < -0.3 is 4.74 Å². The summed E-state index contributed by atoms with van der Waals surface area (Å²) in [4.78, 5) is 11.8. The van der Waals surface area contributed by atoms with Crippen molar-refractivity contribution in [3.05, 3.63) is 0 Å². The second kappa shape index (κ2) is 8.60. The number of hydrogen-bond donors (Lipinski definition) is 0. The summed E-state index contributed by atoms with van der Waals surface area (Å²) in [5.41, 5.74) is -0.251. The summed E-state index contributed by atoms with van der Waals surface area (Å²) >= 11 is 0. The highest BCUT2D eigenvalue weighted by Crippen LogP contribution is 2.32. The van der Waals surface area contributed by atoms with Crippen molar-refractivity contribution in [1.29, 1.82) is 0 Å². The van der Waals surface area contributed by atoms with Gasteiger partial charge in [-0.2, -0.15) is 0 Å². The Kier molecular flexibility index (Phi) is 8.32. The molecule has 0 bridgehead atoms. The third-order valence-corrected chi connectivity index (χ3v) is 3.34. The highest BCUT2D eigenvalue weighted by molar-refractivity contribution is 5.76. The van der Waals surface area contributed by atoms with Crippen molar-refractivity contribution in [3.63, 3.8) is 0 Å². The number of rotatable bonds is 9. The maximum Gasteiger partial charge on any atom is 0.311 e. The van der Waals surface area contributed by atoms with E-state index >= 15 is 0 Å². The lowest BCUT2D eigenvalue weighted by Gasteiger charge is -2.26. The van der Waals surface area contributed by atoms with Crippen molar-refractivity contribution in [2.24, 2.45) is 5.41 Å². The number of methoxy groups -OCH3 is 1. The molecule has 0 heterocycles. The van der Waals surface area contributed by atoms with Gasteiger partial charge in [-0.3, -0.25) is 4.79 Å². The first kappa shape index (κ1) is 15.5. The first-order valence-electron chi connectivity index (χ1n) is 6.69. The van der Waals surface area contributed by atoms with Crippen LogP contribution in [0, 0.1) is 5.41 Å². The minimum Gasteiger partial charge on any atom is -0.469 e. The summed E-state index contributed by atoms with van der Waals surface area (Å²) in [5.74, 6) is -0.0301. The van der Waals surface area contributed by atoms with Gasteiger partial charge in [0.05, 0.1) is 12.5 Å². The smallest absolute Gasteiger partial charge is 0.311 e. The second-order valence-electron chi connectivity index (χ2n) is 4.97. The molecular weight excluding hydrogens is 200 g/mol. The van der Waals surface area contributed by atoms with Gasteiger partial charge in [0, 0.05) is 0 Å². The number of carbonyl (C=O) groups is 1. The summed E-state index contributed by atoms with van der Waals surface area (Å²) in [6, 6.07) is 0. The van der Waals surface area contributed by atoms with Gasteiger partial charge in [-0.25, -0.2) is 0 Å². The van der Waals surface area contributed by atoms with Crippen LogP contribution in [0.5, 0.6) is 0 Å². The van der Waals surface area contributed by atoms with Crippen molar-refractivity contribution in [3.8, 4) is 0 Å². The van der Waals surface area contributed by atoms with Crippen molar-refractivity contribution in [1.82, 2.24) is 0 Å². The maximum atomic E-state index is 11.8. The van der Waals surface area contributed by atoms with Gasteiger partial charge in [-0.15, -0.1) is 0 Å². The molecule has 0 fully saturated rings. The first-order chi connectivity index (χ1) is 7.60. The molecule has 0 radical (unpaired) electrons. The minimum atomic E-state index is -0.251. The number of ether oxygens (including phenoxy) is 1. The Morgan fingerprint density at radius 2 is 1.56 bits per heavy atom. The van der Waals surface area contributed by atoms with E-state index in [-0.39, 0.29) is 11.4 Å². The van der Waals surface area contributed by atoms with Gasteiger partial charge in [0.25, 0.3) is 0 Å². The average Bonchev–Trinajstić information content (AvgIpc) is 2.31. The Morgan fingerprint density at radius 1 is 1.00 bits per heavy atom. The molecule has 0 aliphatic rings. The molecular formula is C14H28O2. The van der Waals surface area contributed by atoms with Crippen LogP contribution in [0.15, 0.2) is 0 Å². The zero-order chi connectivity index (χ0) is 12.4. The first-order valence-corrected chi connectivity index (χ1v) is 6.69. The molecule has 2 nitrogen and oxygen atoms in total. The molecule has 0 aliphatic carbocycles. The van der Waals surface area contributed by atoms with Crippen molar-refractivity contribution in [2.45, 2.75) is 72.1 Å². The molecule has 0 aromatic rings. The SMILES string of the molecule is CCCCCCC(C)(CCCC)C(=O)OC. The van der Waals surface area contributed by atoms with Gasteiger partial charge in [0.1, 0.15) is 0 Å². The molecule has 96 valence electrons. The Bertz CT molecular complexity index is 189. The zero-order valence-electron chi connectivity index (χ0n) is 11.5. The van der Waals surface area contributed by atoms with Gasteiger partial charge in [-0.05, 0) is 19.8 Å². The Hall–Kier alpha value is -0.530. The number of unbranched alkanes of at least 4 members (excludes halogenated alkanes) is 4. The Morgan fingerprint density at radius 3 is 2.06 bits per heavy atom. The predicted molar refractivity (Wildman–Crippen MR) is 68.4 cm³/mol. The molecule has 1 atom stereocenters. The molecule has 0 amide bonds. The fourth-order valence-corrected chi connectivity index (χ4v) is 2.08. The van der Waals surface area contributed by atoms with E-state index in [9.17, 15) is 4.79 Å². The molecule has 0 N–H and O–H groups in total. The van der Waals surface area contributed by atoms with Crippen LogP contribution in [0.4, 0.5) is 0 Å². The van der Waals surface area contributed by atoms with E-state index in [0.717, 1.165) is 32.1 Å². The van der Waals surface area contributed by atoms with Gasteiger partial charge in [0.15, 0.2) is 0 Å². The molecule has 0 saturated carbocycles. The third kappa shape index (κ3) is 5.53.